The molecule has 0 aromatic carbocycles. The molecule has 0 saturated carbocycles. The van der Waals surface area contributed by atoms with E-state index in [4.69, 9.17) is 9.47 Å². The Balaban J connectivity index is 4.75. The number of amides is 3. The maximum Gasteiger partial charge on any atom is 0.408 e. The number of rotatable bonds is 9. The Kier molecular flexibility index (Phi) is 10.4. The summed E-state index contributed by atoms with van der Waals surface area (Å²) in [5, 5.41) is 7.46. The first kappa shape index (κ1) is 24.7. The fraction of sp³-hybridized carbons (Fsp3) is 0.778. The highest BCUT2D eigenvalue weighted by atomic mass is 16.6. The molecule has 9 heteroatoms. The van der Waals surface area contributed by atoms with Crippen LogP contribution in [-0.2, 0) is 23.9 Å². The summed E-state index contributed by atoms with van der Waals surface area (Å²) in [6, 6.07) is -1.73. The SMILES string of the molecule is CCOC(=O)CNC(=O)C(C)NC(=O)C(CC(C)C)NC(=O)OC(C)(C)C. The molecule has 0 aliphatic heterocycles. The zero-order valence-electron chi connectivity index (χ0n) is 17.3. The third kappa shape index (κ3) is 11.8. The molecule has 0 radical (unpaired) electrons. The molecule has 27 heavy (non-hydrogen) atoms. The van der Waals surface area contributed by atoms with E-state index in [9.17, 15) is 19.2 Å². The maximum atomic E-state index is 12.5. The van der Waals surface area contributed by atoms with Gasteiger partial charge >= 0.3 is 12.1 Å². The van der Waals surface area contributed by atoms with E-state index < -0.39 is 41.6 Å². The Morgan fingerprint density at radius 3 is 2.04 bits per heavy atom. The van der Waals surface area contributed by atoms with E-state index in [1.54, 1.807) is 27.7 Å². The zero-order valence-corrected chi connectivity index (χ0v) is 17.3. The van der Waals surface area contributed by atoms with Crippen LogP contribution in [0.2, 0.25) is 0 Å². The molecule has 0 aromatic rings. The number of hydrogen-bond donors (Lipinski definition) is 3. The van der Waals surface area contributed by atoms with Gasteiger partial charge in [0.25, 0.3) is 0 Å². The van der Waals surface area contributed by atoms with Gasteiger partial charge in [-0.25, -0.2) is 4.79 Å². The summed E-state index contributed by atoms with van der Waals surface area (Å²) in [7, 11) is 0. The fourth-order valence-electron chi connectivity index (χ4n) is 2.06. The van der Waals surface area contributed by atoms with Gasteiger partial charge in [-0.15, -0.1) is 0 Å². The van der Waals surface area contributed by atoms with Crippen LogP contribution in [0.4, 0.5) is 4.79 Å². The molecule has 0 aromatic heterocycles. The number of ether oxygens (including phenoxy) is 2. The molecule has 3 amide bonds. The number of carbonyl (C=O) groups excluding carboxylic acids is 4. The summed E-state index contributed by atoms with van der Waals surface area (Å²) >= 11 is 0. The lowest BCUT2D eigenvalue weighted by molar-refractivity contribution is -0.143. The Bertz CT molecular complexity index is 528. The highest BCUT2D eigenvalue weighted by Crippen LogP contribution is 2.09. The van der Waals surface area contributed by atoms with Gasteiger partial charge in [0.2, 0.25) is 11.8 Å². The summed E-state index contributed by atoms with van der Waals surface area (Å²) in [5.74, 6) is -1.47. The largest absolute Gasteiger partial charge is 0.465 e. The van der Waals surface area contributed by atoms with Gasteiger partial charge in [-0.3, -0.25) is 14.4 Å². The van der Waals surface area contributed by atoms with E-state index in [2.05, 4.69) is 16.0 Å². The van der Waals surface area contributed by atoms with Crippen LogP contribution >= 0.6 is 0 Å². The molecule has 0 heterocycles. The highest BCUT2D eigenvalue weighted by Gasteiger charge is 2.27. The normalized spacial score (nSPS) is 13.3. The van der Waals surface area contributed by atoms with Gasteiger partial charge in [0.1, 0.15) is 24.2 Å². The van der Waals surface area contributed by atoms with E-state index in [0.29, 0.717) is 6.42 Å². The number of hydrogen-bond acceptors (Lipinski definition) is 6. The lowest BCUT2D eigenvalue weighted by Gasteiger charge is -2.25. The molecular formula is C18H33N3O6. The molecule has 0 aliphatic rings. The lowest BCUT2D eigenvalue weighted by atomic mass is 10.0. The molecule has 0 fully saturated rings. The second-order valence-electron chi connectivity index (χ2n) is 7.58. The summed E-state index contributed by atoms with van der Waals surface area (Å²) in [6.07, 6.45) is -0.329. The molecular weight excluding hydrogens is 354 g/mol. The molecule has 2 unspecified atom stereocenters. The van der Waals surface area contributed by atoms with Crippen molar-refractivity contribution in [3.8, 4) is 0 Å². The Morgan fingerprint density at radius 2 is 1.56 bits per heavy atom. The van der Waals surface area contributed by atoms with Crippen LogP contribution in [0.5, 0.6) is 0 Å². The van der Waals surface area contributed by atoms with E-state index in [0.717, 1.165) is 0 Å². The first-order chi connectivity index (χ1) is 12.4. The van der Waals surface area contributed by atoms with Crippen molar-refractivity contribution in [3.05, 3.63) is 0 Å². The van der Waals surface area contributed by atoms with Crippen molar-refractivity contribution in [3.63, 3.8) is 0 Å². The van der Waals surface area contributed by atoms with Crippen molar-refractivity contribution in [2.24, 2.45) is 5.92 Å². The van der Waals surface area contributed by atoms with Crippen molar-refractivity contribution < 1.29 is 28.7 Å². The minimum atomic E-state index is -0.887. The average Bonchev–Trinajstić information content (AvgIpc) is 2.49. The van der Waals surface area contributed by atoms with Gasteiger partial charge in [0, 0.05) is 0 Å². The van der Waals surface area contributed by atoms with Gasteiger partial charge in [-0.2, -0.15) is 0 Å². The molecule has 0 rings (SSSR count). The van der Waals surface area contributed by atoms with Crippen LogP contribution in [0, 0.1) is 5.92 Å². The first-order valence-electron chi connectivity index (χ1n) is 9.09. The number of alkyl carbamates (subject to hydrolysis) is 1. The molecule has 0 saturated heterocycles. The Hall–Kier alpha value is -2.32. The second kappa shape index (κ2) is 11.4. The quantitative estimate of drug-likeness (QED) is 0.509. The van der Waals surface area contributed by atoms with Crippen molar-refractivity contribution >= 4 is 23.9 Å². The molecule has 0 bridgehead atoms. The standard InChI is InChI=1S/C18H33N3O6/c1-8-26-14(22)10-19-15(23)12(4)20-16(24)13(9-11(2)3)21-17(25)27-18(5,6)7/h11-13H,8-10H2,1-7H3,(H,19,23)(H,20,24)(H,21,25). The van der Waals surface area contributed by atoms with Crippen molar-refractivity contribution in [1.82, 2.24) is 16.0 Å². The van der Waals surface area contributed by atoms with Gasteiger partial charge in [0.15, 0.2) is 0 Å². The predicted molar refractivity (Wildman–Crippen MR) is 99.9 cm³/mol. The summed E-state index contributed by atoms with van der Waals surface area (Å²) < 4.78 is 9.90. The molecule has 156 valence electrons. The van der Waals surface area contributed by atoms with E-state index in [-0.39, 0.29) is 19.1 Å². The van der Waals surface area contributed by atoms with Crippen LogP contribution in [0.25, 0.3) is 0 Å². The molecule has 0 aliphatic carbocycles. The maximum absolute atomic E-state index is 12.5. The number of nitrogens with one attached hydrogen (secondary N) is 3. The Labute approximate surface area is 160 Å². The average molecular weight is 387 g/mol. The van der Waals surface area contributed by atoms with Crippen LogP contribution < -0.4 is 16.0 Å². The zero-order chi connectivity index (χ0) is 21.2. The monoisotopic (exact) mass is 387 g/mol. The highest BCUT2D eigenvalue weighted by molar-refractivity contribution is 5.92. The molecule has 2 atom stereocenters. The third-order valence-electron chi connectivity index (χ3n) is 3.18. The van der Waals surface area contributed by atoms with E-state index >= 15 is 0 Å². The fourth-order valence-corrected chi connectivity index (χ4v) is 2.06. The van der Waals surface area contributed by atoms with Gasteiger partial charge in [-0.1, -0.05) is 13.8 Å². The van der Waals surface area contributed by atoms with Gasteiger partial charge in [0.05, 0.1) is 6.61 Å². The van der Waals surface area contributed by atoms with Crippen LogP contribution in [-0.4, -0.2) is 54.7 Å². The van der Waals surface area contributed by atoms with Gasteiger partial charge in [-0.05, 0) is 47.0 Å². The minimum Gasteiger partial charge on any atom is -0.465 e. The minimum absolute atomic E-state index is 0.128. The van der Waals surface area contributed by atoms with Crippen LogP contribution in [0.3, 0.4) is 0 Å². The van der Waals surface area contributed by atoms with E-state index in [1.165, 1.54) is 6.92 Å². The van der Waals surface area contributed by atoms with Crippen LogP contribution in [0.15, 0.2) is 0 Å². The number of carbonyl (C=O) groups is 4. The topological polar surface area (TPSA) is 123 Å². The van der Waals surface area contributed by atoms with Crippen molar-refractivity contribution in [1.29, 1.82) is 0 Å². The van der Waals surface area contributed by atoms with E-state index in [1.807, 2.05) is 13.8 Å². The Morgan fingerprint density at radius 1 is 0.963 bits per heavy atom. The second-order valence-corrected chi connectivity index (χ2v) is 7.58. The molecule has 0 spiro atoms. The molecule has 3 N–H and O–H groups in total. The predicted octanol–water partition coefficient (Wildman–Crippen LogP) is 1.11. The van der Waals surface area contributed by atoms with Crippen LogP contribution in [0.1, 0.15) is 54.9 Å². The third-order valence-corrected chi connectivity index (χ3v) is 3.18. The van der Waals surface area contributed by atoms with Crippen molar-refractivity contribution in [2.45, 2.75) is 72.6 Å². The molecule has 9 nitrogen and oxygen atoms in total. The van der Waals surface area contributed by atoms with Gasteiger partial charge < -0.3 is 25.4 Å². The summed E-state index contributed by atoms with van der Waals surface area (Å²) in [4.78, 5) is 47.7. The summed E-state index contributed by atoms with van der Waals surface area (Å²) in [5.41, 5.74) is -0.691. The summed E-state index contributed by atoms with van der Waals surface area (Å²) in [6.45, 7) is 12.1. The van der Waals surface area contributed by atoms with Crippen molar-refractivity contribution in [2.75, 3.05) is 13.2 Å². The number of esters is 1. The first-order valence-corrected chi connectivity index (χ1v) is 9.09. The lowest BCUT2D eigenvalue weighted by Crippen LogP contribution is -2.54. The smallest absolute Gasteiger partial charge is 0.408 e.